The van der Waals surface area contributed by atoms with Gasteiger partial charge in [0.2, 0.25) is 0 Å². The maximum atomic E-state index is 6.29. The van der Waals surface area contributed by atoms with E-state index < -0.39 is 0 Å². The summed E-state index contributed by atoms with van der Waals surface area (Å²) in [6, 6.07) is 84.9. The lowest BCUT2D eigenvalue weighted by Crippen LogP contribution is -2.10. The first-order chi connectivity index (χ1) is 29.7. The zero-order valence-electron chi connectivity index (χ0n) is 32.9. The fraction of sp³-hybridized carbons (Fsp3) is 0. The molecule has 11 rings (SSSR count). The van der Waals surface area contributed by atoms with Crippen molar-refractivity contribution < 1.29 is 4.42 Å². The predicted octanol–water partition coefficient (Wildman–Crippen LogP) is 16.5. The van der Waals surface area contributed by atoms with Gasteiger partial charge in [-0.15, -0.1) is 0 Å². The summed E-state index contributed by atoms with van der Waals surface area (Å²) in [6.45, 7) is 0. The van der Waals surface area contributed by atoms with Gasteiger partial charge in [-0.05, 0) is 109 Å². The Morgan fingerprint density at radius 3 is 1.50 bits per heavy atom. The summed E-state index contributed by atoms with van der Waals surface area (Å²) in [6.07, 6.45) is 0. The van der Waals surface area contributed by atoms with Crippen LogP contribution in [0.25, 0.3) is 88.3 Å². The molecule has 0 radical (unpaired) electrons. The molecule has 0 fully saturated rings. The molecule has 0 bridgehead atoms. The summed E-state index contributed by atoms with van der Waals surface area (Å²) >= 11 is 0. The Hall–Kier alpha value is -7.94. The number of hydrogen-bond donors (Lipinski definition) is 0. The molecule has 0 atom stereocenters. The van der Waals surface area contributed by atoms with Gasteiger partial charge >= 0.3 is 0 Å². The Kier molecular flexibility index (Phi) is 8.87. The molecule has 0 saturated carbocycles. The molecule has 0 amide bonds. The van der Waals surface area contributed by atoms with Crippen LogP contribution in [0.5, 0.6) is 0 Å². The number of anilines is 3. The normalized spacial score (nSPS) is 11.3. The lowest BCUT2D eigenvalue weighted by Gasteiger charge is -2.28. The second-order valence-electron chi connectivity index (χ2n) is 15.3. The molecule has 0 aliphatic carbocycles. The fourth-order valence-electron chi connectivity index (χ4n) is 8.68. The first kappa shape index (κ1) is 35.2. The quantitative estimate of drug-likeness (QED) is 0.153. The van der Waals surface area contributed by atoms with Crippen molar-refractivity contribution in [3.05, 3.63) is 237 Å². The SMILES string of the molecule is c1ccc(-c2ccc(-c3ccc(N(c4ccc(-c5cccc6ccccc56)cc4)c4ccc(-c5cccc(-c6cc7ccccc7o6)c5)c5ccccc45)cc3)cc2)cc1. The first-order valence-electron chi connectivity index (χ1n) is 20.5. The summed E-state index contributed by atoms with van der Waals surface area (Å²) in [4.78, 5) is 2.39. The second-order valence-corrected chi connectivity index (χ2v) is 15.3. The number of furan rings is 1. The molecule has 10 aromatic carbocycles. The number of para-hydroxylation sites is 1. The van der Waals surface area contributed by atoms with Gasteiger partial charge in [0.25, 0.3) is 0 Å². The number of rotatable bonds is 8. The van der Waals surface area contributed by atoms with Crippen LogP contribution < -0.4 is 4.90 Å². The van der Waals surface area contributed by atoms with Crippen LogP contribution in [-0.4, -0.2) is 0 Å². The number of nitrogens with zero attached hydrogens (tertiary/aromatic N) is 1. The molecule has 0 aliphatic rings. The molecule has 0 N–H and O–H groups in total. The molecule has 60 heavy (non-hydrogen) atoms. The molecule has 282 valence electrons. The summed E-state index contributed by atoms with van der Waals surface area (Å²) in [5.74, 6) is 0.868. The van der Waals surface area contributed by atoms with Crippen LogP contribution in [0.3, 0.4) is 0 Å². The molecule has 1 aromatic heterocycles. The van der Waals surface area contributed by atoms with Crippen molar-refractivity contribution >= 4 is 49.6 Å². The lowest BCUT2D eigenvalue weighted by atomic mass is 9.94. The van der Waals surface area contributed by atoms with Gasteiger partial charge in [0, 0.05) is 27.7 Å². The second kappa shape index (κ2) is 15.1. The standard InChI is InChI=1S/C58H39NO/c1-2-12-40(13-3-1)41-24-26-42(27-25-41)43-28-32-49(33-29-43)59(50-34-30-45(31-35-50)52-22-11-16-44-14-4-6-19-51(44)52)56-37-36-53(54-20-7-8-21-55(54)56)46-17-10-18-47(38-46)58-39-48-15-5-9-23-57(48)60-58/h1-39H. The average molecular weight is 766 g/mol. The Morgan fingerprint density at radius 2 is 0.783 bits per heavy atom. The molecule has 0 spiro atoms. The van der Waals surface area contributed by atoms with Crippen molar-refractivity contribution in [3.63, 3.8) is 0 Å². The van der Waals surface area contributed by atoms with Gasteiger partial charge in [-0.2, -0.15) is 0 Å². The Bertz CT molecular complexity index is 3250. The number of hydrogen-bond acceptors (Lipinski definition) is 2. The highest BCUT2D eigenvalue weighted by Crippen LogP contribution is 2.44. The summed E-state index contributed by atoms with van der Waals surface area (Å²) in [5, 5.41) is 5.95. The first-order valence-corrected chi connectivity index (χ1v) is 20.5. The van der Waals surface area contributed by atoms with Crippen LogP contribution in [0.15, 0.2) is 241 Å². The predicted molar refractivity (Wildman–Crippen MR) is 253 cm³/mol. The maximum absolute atomic E-state index is 6.29. The highest BCUT2D eigenvalue weighted by atomic mass is 16.3. The van der Waals surface area contributed by atoms with Crippen LogP contribution in [0.1, 0.15) is 0 Å². The van der Waals surface area contributed by atoms with Gasteiger partial charge in [0.05, 0.1) is 5.69 Å². The van der Waals surface area contributed by atoms with Crippen LogP contribution in [0, 0.1) is 0 Å². The third kappa shape index (κ3) is 6.51. The highest BCUT2D eigenvalue weighted by molar-refractivity contribution is 6.07. The van der Waals surface area contributed by atoms with E-state index in [1.54, 1.807) is 0 Å². The number of benzene rings is 10. The molecule has 0 unspecified atom stereocenters. The third-order valence-corrected chi connectivity index (χ3v) is 11.7. The smallest absolute Gasteiger partial charge is 0.135 e. The van der Waals surface area contributed by atoms with Gasteiger partial charge in [0.1, 0.15) is 11.3 Å². The van der Waals surface area contributed by atoms with Crippen molar-refractivity contribution in [2.75, 3.05) is 4.90 Å². The zero-order chi connectivity index (χ0) is 39.8. The summed E-state index contributed by atoms with van der Waals surface area (Å²) in [5.41, 5.74) is 14.8. The number of fused-ring (bicyclic) bond motifs is 3. The fourth-order valence-corrected chi connectivity index (χ4v) is 8.68. The average Bonchev–Trinajstić information content (AvgIpc) is 3.77. The van der Waals surface area contributed by atoms with E-state index in [4.69, 9.17) is 4.42 Å². The minimum Gasteiger partial charge on any atom is -0.456 e. The minimum absolute atomic E-state index is 0.868. The van der Waals surface area contributed by atoms with Gasteiger partial charge in [-0.1, -0.05) is 188 Å². The van der Waals surface area contributed by atoms with E-state index in [1.807, 2.05) is 18.2 Å². The zero-order valence-corrected chi connectivity index (χ0v) is 32.9. The summed E-state index contributed by atoms with van der Waals surface area (Å²) < 4.78 is 6.29. The summed E-state index contributed by atoms with van der Waals surface area (Å²) in [7, 11) is 0. The van der Waals surface area contributed by atoms with Gasteiger partial charge in [0.15, 0.2) is 0 Å². The molecule has 0 saturated heterocycles. The maximum Gasteiger partial charge on any atom is 0.135 e. The van der Waals surface area contributed by atoms with Crippen molar-refractivity contribution in [1.82, 2.24) is 0 Å². The Morgan fingerprint density at radius 1 is 0.283 bits per heavy atom. The van der Waals surface area contributed by atoms with E-state index in [1.165, 1.54) is 60.5 Å². The van der Waals surface area contributed by atoms with Crippen LogP contribution >= 0.6 is 0 Å². The topological polar surface area (TPSA) is 16.4 Å². The van der Waals surface area contributed by atoms with E-state index >= 15 is 0 Å². The van der Waals surface area contributed by atoms with E-state index in [9.17, 15) is 0 Å². The third-order valence-electron chi connectivity index (χ3n) is 11.7. The van der Waals surface area contributed by atoms with E-state index in [0.29, 0.717) is 0 Å². The van der Waals surface area contributed by atoms with E-state index in [0.717, 1.165) is 44.9 Å². The van der Waals surface area contributed by atoms with E-state index in [2.05, 4.69) is 223 Å². The Labute approximate surface area is 349 Å². The molecule has 0 aliphatic heterocycles. The van der Waals surface area contributed by atoms with Crippen LogP contribution in [-0.2, 0) is 0 Å². The highest BCUT2D eigenvalue weighted by Gasteiger charge is 2.19. The molecule has 2 nitrogen and oxygen atoms in total. The molecule has 11 aromatic rings. The minimum atomic E-state index is 0.868. The van der Waals surface area contributed by atoms with Crippen molar-refractivity contribution in [1.29, 1.82) is 0 Å². The van der Waals surface area contributed by atoms with Gasteiger partial charge in [-0.3, -0.25) is 0 Å². The monoisotopic (exact) mass is 765 g/mol. The van der Waals surface area contributed by atoms with Crippen molar-refractivity contribution in [2.45, 2.75) is 0 Å². The van der Waals surface area contributed by atoms with Gasteiger partial charge in [-0.25, -0.2) is 0 Å². The Balaban J connectivity index is 1.01. The molecular weight excluding hydrogens is 727 g/mol. The van der Waals surface area contributed by atoms with E-state index in [-0.39, 0.29) is 0 Å². The lowest BCUT2D eigenvalue weighted by molar-refractivity contribution is 0.631. The van der Waals surface area contributed by atoms with Gasteiger partial charge < -0.3 is 9.32 Å². The largest absolute Gasteiger partial charge is 0.456 e. The van der Waals surface area contributed by atoms with Crippen LogP contribution in [0.2, 0.25) is 0 Å². The van der Waals surface area contributed by atoms with Crippen molar-refractivity contribution in [3.8, 4) is 55.8 Å². The molecule has 2 heteroatoms. The molecular formula is C58H39NO. The van der Waals surface area contributed by atoms with Crippen molar-refractivity contribution in [2.24, 2.45) is 0 Å². The molecule has 1 heterocycles. The van der Waals surface area contributed by atoms with Crippen LogP contribution in [0.4, 0.5) is 17.1 Å².